The van der Waals surface area contributed by atoms with Crippen molar-refractivity contribution >= 4 is 0 Å². The highest BCUT2D eigenvalue weighted by atomic mass is 19.4. The standard InChI is InChI=1S/C25H23F3N2O3/c26-25(27,28)33-20-7-5-17(6-8-20)21-9-10-23(32)30-13-16-11-19(24(21)30)15-29(12-16)14-18-3-1-2-4-22(18)31/h1-10,16,19,31H,11-15H2. The average molecular weight is 456 g/mol. The molecule has 2 aliphatic heterocycles. The number of rotatable bonds is 4. The van der Waals surface area contributed by atoms with Gasteiger partial charge in [0.15, 0.2) is 0 Å². The first-order chi connectivity index (χ1) is 15.8. The molecule has 3 aromatic rings. The molecular weight excluding hydrogens is 433 g/mol. The molecule has 0 amide bonds. The number of piperidine rings is 1. The van der Waals surface area contributed by atoms with Crippen molar-refractivity contribution in [2.75, 3.05) is 13.1 Å². The molecule has 2 unspecified atom stereocenters. The molecule has 0 saturated carbocycles. The molecule has 33 heavy (non-hydrogen) atoms. The largest absolute Gasteiger partial charge is 0.573 e. The van der Waals surface area contributed by atoms with E-state index in [4.69, 9.17) is 0 Å². The summed E-state index contributed by atoms with van der Waals surface area (Å²) in [6, 6.07) is 16.3. The fraction of sp³-hybridized carbons (Fsp3) is 0.320. The van der Waals surface area contributed by atoms with Gasteiger partial charge < -0.3 is 14.4 Å². The summed E-state index contributed by atoms with van der Waals surface area (Å²) in [6.45, 7) is 2.79. The minimum Gasteiger partial charge on any atom is -0.508 e. The lowest BCUT2D eigenvalue weighted by molar-refractivity contribution is -0.274. The number of fused-ring (bicyclic) bond motifs is 4. The topological polar surface area (TPSA) is 54.7 Å². The Morgan fingerprint density at radius 3 is 2.45 bits per heavy atom. The van der Waals surface area contributed by atoms with E-state index < -0.39 is 6.36 Å². The van der Waals surface area contributed by atoms with Gasteiger partial charge in [-0.05, 0) is 42.2 Å². The van der Waals surface area contributed by atoms with Crippen molar-refractivity contribution in [3.63, 3.8) is 0 Å². The second-order valence-corrected chi connectivity index (χ2v) is 8.77. The van der Waals surface area contributed by atoms with Crippen LogP contribution < -0.4 is 10.3 Å². The second kappa shape index (κ2) is 8.26. The van der Waals surface area contributed by atoms with Gasteiger partial charge >= 0.3 is 6.36 Å². The van der Waals surface area contributed by atoms with Gasteiger partial charge in [0.1, 0.15) is 11.5 Å². The Morgan fingerprint density at radius 2 is 1.73 bits per heavy atom. The Bertz CT molecular complexity index is 1220. The van der Waals surface area contributed by atoms with Crippen LogP contribution in [0.15, 0.2) is 65.5 Å². The van der Waals surface area contributed by atoms with Gasteiger partial charge in [-0.1, -0.05) is 30.3 Å². The third kappa shape index (κ3) is 4.48. The number of hydrogen-bond donors (Lipinski definition) is 1. The minimum absolute atomic E-state index is 0.0605. The lowest BCUT2D eigenvalue weighted by Gasteiger charge is -2.43. The summed E-state index contributed by atoms with van der Waals surface area (Å²) < 4.78 is 43.3. The van der Waals surface area contributed by atoms with Gasteiger partial charge in [0, 0.05) is 55.0 Å². The number of ether oxygens (including phenoxy) is 1. The molecule has 1 N–H and O–H groups in total. The summed E-state index contributed by atoms with van der Waals surface area (Å²) in [5.74, 6) is 0.419. The van der Waals surface area contributed by atoms with Gasteiger partial charge in [-0.15, -0.1) is 13.2 Å². The summed E-state index contributed by atoms with van der Waals surface area (Å²) in [7, 11) is 0. The SMILES string of the molecule is O=c1ccc(-c2ccc(OC(F)(F)F)cc2)c2n1CC1CC2CN(Cc2ccccc2O)C1. The van der Waals surface area contributed by atoms with Gasteiger partial charge in [0.25, 0.3) is 5.56 Å². The molecule has 2 atom stereocenters. The van der Waals surface area contributed by atoms with Crippen LogP contribution in [-0.4, -0.2) is 34.0 Å². The van der Waals surface area contributed by atoms with Crippen molar-refractivity contribution < 1.29 is 23.0 Å². The first kappa shape index (κ1) is 21.6. The predicted molar refractivity (Wildman–Crippen MR) is 117 cm³/mol. The van der Waals surface area contributed by atoms with Crippen molar-refractivity contribution in [1.82, 2.24) is 9.47 Å². The van der Waals surface area contributed by atoms with Crippen LogP contribution in [0.25, 0.3) is 11.1 Å². The maximum Gasteiger partial charge on any atom is 0.573 e. The fourth-order valence-electron chi connectivity index (χ4n) is 5.21. The number of likely N-dealkylation sites (tertiary alicyclic amines) is 1. The van der Waals surface area contributed by atoms with Crippen LogP contribution in [0.4, 0.5) is 13.2 Å². The highest BCUT2D eigenvalue weighted by Crippen LogP contribution is 2.41. The zero-order chi connectivity index (χ0) is 23.2. The summed E-state index contributed by atoms with van der Waals surface area (Å²) in [4.78, 5) is 15.0. The van der Waals surface area contributed by atoms with E-state index in [-0.39, 0.29) is 23.0 Å². The number of alkyl halides is 3. The molecule has 0 spiro atoms. The summed E-state index contributed by atoms with van der Waals surface area (Å²) >= 11 is 0. The van der Waals surface area contributed by atoms with Crippen LogP contribution in [0.3, 0.4) is 0 Å². The van der Waals surface area contributed by atoms with Gasteiger partial charge in [-0.2, -0.15) is 0 Å². The Morgan fingerprint density at radius 1 is 0.970 bits per heavy atom. The molecular formula is C25H23F3N2O3. The third-order valence-corrected chi connectivity index (χ3v) is 6.45. The number of phenolic OH excluding ortho intramolecular Hbond substituents is 1. The van der Waals surface area contributed by atoms with Crippen LogP contribution in [0.1, 0.15) is 23.6 Å². The van der Waals surface area contributed by atoms with Crippen LogP contribution >= 0.6 is 0 Å². The number of pyridine rings is 1. The van der Waals surface area contributed by atoms with Gasteiger partial charge in [0.2, 0.25) is 0 Å². The molecule has 0 radical (unpaired) electrons. The molecule has 1 aromatic heterocycles. The number of benzene rings is 2. The van der Waals surface area contributed by atoms with Crippen molar-refractivity contribution in [3.8, 4) is 22.6 Å². The van der Waals surface area contributed by atoms with E-state index in [0.29, 0.717) is 19.0 Å². The van der Waals surface area contributed by atoms with Gasteiger partial charge in [0.05, 0.1) is 0 Å². The molecule has 0 aliphatic carbocycles. The number of aromatic hydroxyl groups is 1. The maximum atomic E-state index is 12.7. The summed E-state index contributed by atoms with van der Waals surface area (Å²) in [5.41, 5.74) is 3.31. The summed E-state index contributed by atoms with van der Waals surface area (Å²) in [5, 5.41) is 10.2. The molecule has 8 heteroatoms. The zero-order valence-corrected chi connectivity index (χ0v) is 17.8. The van der Waals surface area contributed by atoms with Crippen molar-refractivity contribution in [2.24, 2.45) is 5.92 Å². The number of hydrogen-bond acceptors (Lipinski definition) is 4. The highest BCUT2D eigenvalue weighted by Gasteiger charge is 2.36. The number of aromatic nitrogens is 1. The molecule has 5 rings (SSSR count). The highest BCUT2D eigenvalue weighted by molar-refractivity contribution is 5.67. The minimum atomic E-state index is -4.74. The Balaban J connectivity index is 1.46. The zero-order valence-electron chi connectivity index (χ0n) is 17.8. The van der Waals surface area contributed by atoms with Crippen molar-refractivity contribution in [3.05, 3.63) is 82.3 Å². The molecule has 1 fully saturated rings. The Kier molecular flexibility index (Phi) is 5.40. The molecule has 2 aromatic carbocycles. The monoisotopic (exact) mass is 456 g/mol. The number of phenols is 1. The molecule has 1 saturated heterocycles. The van der Waals surface area contributed by atoms with E-state index >= 15 is 0 Å². The van der Waals surface area contributed by atoms with Crippen LogP contribution in [0.5, 0.6) is 11.5 Å². The quantitative estimate of drug-likeness (QED) is 0.616. The van der Waals surface area contributed by atoms with E-state index in [1.807, 2.05) is 16.7 Å². The van der Waals surface area contributed by atoms with Crippen molar-refractivity contribution in [1.29, 1.82) is 0 Å². The van der Waals surface area contributed by atoms with Gasteiger partial charge in [-0.25, -0.2) is 0 Å². The Hall–Kier alpha value is -3.26. The van der Waals surface area contributed by atoms with E-state index in [0.717, 1.165) is 41.9 Å². The normalized spacial score (nSPS) is 20.3. The third-order valence-electron chi connectivity index (χ3n) is 6.45. The lowest BCUT2D eigenvalue weighted by atomic mass is 9.80. The Labute approximate surface area is 188 Å². The molecule has 2 bridgehead atoms. The molecule has 2 aliphatic rings. The van der Waals surface area contributed by atoms with E-state index in [2.05, 4.69) is 9.64 Å². The van der Waals surface area contributed by atoms with Gasteiger partial charge in [-0.3, -0.25) is 9.69 Å². The lowest BCUT2D eigenvalue weighted by Crippen LogP contribution is -2.47. The van der Waals surface area contributed by atoms with E-state index in [1.54, 1.807) is 30.3 Å². The predicted octanol–water partition coefficient (Wildman–Crippen LogP) is 4.74. The number of para-hydroxylation sites is 1. The molecule has 3 heterocycles. The van der Waals surface area contributed by atoms with Crippen molar-refractivity contribution in [2.45, 2.75) is 31.8 Å². The smallest absolute Gasteiger partial charge is 0.508 e. The van der Waals surface area contributed by atoms with E-state index in [9.17, 15) is 23.1 Å². The molecule has 172 valence electrons. The van der Waals surface area contributed by atoms with Crippen LogP contribution in [0, 0.1) is 5.92 Å². The van der Waals surface area contributed by atoms with E-state index in [1.165, 1.54) is 18.2 Å². The number of halogens is 3. The first-order valence-electron chi connectivity index (χ1n) is 10.9. The average Bonchev–Trinajstić information content (AvgIpc) is 2.76. The first-order valence-corrected chi connectivity index (χ1v) is 10.9. The molecule has 5 nitrogen and oxygen atoms in total. The number of nitrogens with zero attached hydrogens (tertiary/aromatic N) is 2. The van der Waals surface area contributed by atoms with Crippen LogP contribution in [-0.2, 0) is 13.1 Å². The fourth-order valence-corrected chi connectivity index (χ4v) is 5.21. The van der Waals surface area contributed by atoms with Crippen LogP contribution in [0.2, 0.25) is 0 Å². The second-order valence-electron chi connectivity index (χ2n) is 8.77. The summed E-state index contributed by atoms with van der Waals surface area (Å²) in [6.07, 6.45) is -3.79. The maximum absolute atomic E-state index is 12.7.